The van der Waals surface area contributed by atoms with Crippen molar-refractivity contribution in [2.45, 2.75) is 39.5 Å². The minimum absolute atomic E-state index is 0.0731. The average molecular weight is 218 g/mol. The summed E-state index contributed by atoms with van der Waals surface area (Å²) in [6.45, 7) is 2.14. The summed E-state index contributed by atoms with van der Waals surface area (Å²) in [5.41, 5.74) is 0. The minimum atomic E-state index is -1.06. The minimum Gasteiger partial charge on any atom is -0.433 e. The van der Waals surface area contributed by atoms with Gasteiger partial charge in [0.05, 0.1) is 0 Å². The van der Waals surface area contributed by atoms with Gasteiger partial charge in [-0.25, -0.2) is 0 Å². The van der Waals surface area contributed by atoms with E-state index in [9.17, 15) is 9.59 Å². The molecule has 0 bridgehead atoms. The molecule has 0 radical (unpaired) electrons. The van der Waals surface area contributed by atoms with E-state index in [-0.39, 0.29) is 6.61 Å². The van der Waals surface area contributed by atoms with Crippen molar-refractivity contribution in [1.29, 1.82) is 0 Å². The zero-order chi connectivity index (χ0) is 11.3. The molecule has 1 aliphatic rings. The number of esters is 2. The van der Waals surface area contributed by atoms with Gasteiger partial charge in [-0.05, 0) is 6.42 Å². The molecule has 0 N–H and O–H groups in total. The number of carbonyl (C=O) groups excluding carboxylic acids is 2. The summed E-state index contributed by atoms with van der Waals surface area (Å²) in [7, 11) is 0. The second-order valence-electron chi connectivity index (χ2n) is 3.04. The molecule has 2 unspecified atom stereocenters. The fourth-order valence-electron chi connectivity index (χ4n) is 1.04. The average Bonchev–Trinajstić information content (AvgIpc) is 2.51. The fraction of sp³-hybridized carbons (Fsp3) is 0.778. The smallest absolute Gasteiger partial charge is 0.321 e. The summed E-state index contributed by atoms with van der Waals surface area (Å²) in [5, 5.41) is 0. The highest BCUT2D eigenvalue weighted by molar-refractivity contribution is 5.69. The van der Waals surface area contributed by atoms with Crippen LogP contribution in [0.1, 0.15) is 26.7 Å². The van der Waals surface area contributed by atoms with Crippen LogP contribution in [0.15, 0.2) is 0 Å². The molecule has 0 amide bonds. The van der Waals surface area contributed by atoms with Gasteiger partial charge in [-0.2, -0.15) is 0 Å². The Kier molecular flexibility index (Phi) is 4.51. The van der Waals surface area contributed by atoms with Crippen molar-refractivity contribution in [3.8, 4) is 0 Å². The lowest BCUT2D eigenvalue weighted by atomic mass is 10.3. The SMILES string of the molecule is CCCC(=O)OC1OCC(OC(C)=O)O1. The molecule has 1 aliphatic heterocycles. The van der Waals surface area contributed by atoms with Crippen LogP contribution in [0, 0.1) is 0 Å². The van der Waals surface area contributed by atoms with Gasteiger partial charge in [-0.1, -0.05) is 6.92 Å². The predicted octanol–water partition coefficient (Wildman–Crippen LogP) is 0.549. The van der Waals surface area contributed by atoms with Crippen molar-refractivity contribution in [2.24, 2.45) is 0 Å². The van der Waals surface area contributed by atoms with Crippen LogP contribution in [-0.2, 0) is 28.5 Å². The first-order valence-corrected chi connectivity index (χ1v) is 4.75. The second kappa shape index (κ2) is 5.67. The fourth-order valence-corrected chi connectivity index (χ4v) is 1.04. The number of hydrogen-bond donors (Lipinski definition) is 0. The van der Waals surface area contributed by atoms with Gasteiger partial charge in [0.2, 0.25) is 6.29 Å². The maximum Gasteiger partial charge on any atom is 0.321 e. The monoisotopic (exact) mass is 218 g/mol. The van der Waals surface area contributed by atoms with E-state index in [1.54, 1.807) is 0 Å². The van der Waals surface area contributed by atoms with Crippen molar-refractivity contribution < 1.29 is 28.5 Å². The van der Waals surface area contributed by atoms with Gasteiger partial charge in [-0.15, -0.1) is 0 Å². The number of hydrogen-bond acceptors (Lipinski definition) is 6. The first-order valence-electron chi connectivity index (χ1n) is 4.75. The van der Waals surface area contributed by atoms with Crippen molar-refractivity contribution in [3.63, 3.8) is 0 Å². The Hall–Kier alpha value is -1.14. The third-order valence-corrected chi connectivity index (χ3v) is 1.61. The van der Waals surface area contributed by atoms with Gasteiger partial charge in [0, 0.05) is 13.3 Å². The lowest BCUT2D eigenvalue weighted by molar-refractivity contribution is -0.249. The molecular formula is C9H14O6. The van der Waals surface area contributed by atoms with Crippen LogP contribution in [0.3, 0.4) is 0 Å². The quantitative estimate of drug-likeness (QED) is 0.642. The molecule has 86 valence electrons. The van der Waals surface area contributed by atoms with Crippen LogP contribution in [-0.4, -0.2) is 31.3 Å². The molecule has 0 aliphatic carbocycles. The molecule has 0 aromatic carbocycles. The highest BCUT2D eigenvalue weighted by atomic mass is 16.9. The highest BCUT2D eigenvalue weighted by Gasteiger charge is 2.30. The summed E-state index contributed by atoms with van der Waals surface area (Å²) in [4.78, 5) is 21.6. The Morgan fingerprint density at radius 3 is 2.73 bits per heavy atom. The Labute approximate surface area is 87.4 Å². The molecule has 0 aromatic heterocycles. The van der Waals surface area contributed by atoms with Crippen LogP contribution in [0.5, 0.6) is 0 Å². The molecule has 1 rings (SSSR count). The van der Waals surface area contributed by atoms with Crippen molar-refractivity contribution in [2.75, 3.05) is 6.61 Å². The van der Waals surface area contributed by atoms with E-state index in [1.807, 2.05) is 6.92 Å². The standard InChI is InChI=1S/C9H14O6/c1-3-4-7(11)14-9-12-5-8(15-9)13-6(2)10/h8-9H,3-5H2,1-2H3. The molecule has 1 heterocycles. The number of ether oxygens (including phenoxy) is 4. The summed E-state index contributed by atoms with van der Waals surface area (Å²) in [6.07, 6.45) is 0.210. The number of carbonyl (C=O) groups is 2. The molecule has 1 fully saturated rings. The Bertz CT molecular complexity index is 239. The van der Waals surface area contributed by atoms with E-state index in [0.717, 1.165) is 0 Å². The van der Waals surface area contributed by atoms with E-state index in [4.69, 9.17) is 18.9 Å². The zero-order valence-corrected chi connectivity index (χ0v) is 8.73. The van der Waals surface area contributed by atoms with Gasteiger partial charge in [0.25, 0.3) is 0 Å². The van der Waals surface area contributed by atoms with E-state index >= 15 is 0 Å². The van der Waals surface area contributed by atoms with Crippen LogP contribution in [0.2, 0.25) is 0 Å². The highest BCUT2D eigenvalue weighted by Crippen LogP contribution is 2.14. The van der Waals surface area contributed by atoms with Gasteiger partial charge < -0.3 is 14.2 Å². The van der Waals surface area contributed by atoms with Gasteiger partial charge in [-0.3, -0.25) is 14.3 Å². The molecule has 0 spiro atoms. The van der Waals surface area contributed by atoms with E-state index < -0.39 is 24.7 Å². The number of rotatable bonds is 4. The summed E-state index contributed by atoms with van der Waals surface area (Å²) < 4.78 is 19.4. The Balaban J connectivity index is 2.24. The Morgan fingerprint density at radius 2 is 2.13 bits per heavy atom. The maximum atomic E-state index is 11.0. The summed E-state index contributed by atoms with van der Waals surface area (Å²) >= 11 is 0. The molecule has 0 aromatic rings. The topological polar surface area (TPSA) is 71.1 Å². The van der Waals surface area contributed by atoms with E-state index in [2.05, 4.69) is 0 Å². The molecule has 15 heavy (non-hydrogen) atoms. The lowest BCUT2D eigenvalue weighted by Gasteiger charge is -2.11. The third kappa shape index (κ3) is 4.26. The lowest BCUT2D eigenvalue weighted by Crippen LogP contribution is -2.22. The largest absolute Gasteiger partial charge is 0.433 e. The van der Waals surface area contributed by atoms with Crippen LogP contribution >= 0.6 is 0 Å². The normalized spacial score (nSPS) is 24.9. The van der Waals surface area contributed by atoms with Crippen LogP contribution < -0.4 is 0 Å². The Morgan fingerprint density at radius 1 is 1.40 bits per heavy atom. The maximum absolute atomic E-state index is 11.0. The first-order chi connectivity index (χ1) is 7.11. The first kappa shape index (κ1) is 11.9. The molecular weight excluding hydrogens is 204 g/mol. The van der Waals surface area contributed by atoms with Gasteiger partial charge >= 0.3 is 18.4 Å². The van der Waals surface area contributed by atoms with Crippen LogP contribution in [0.4, 0.5) is 0 Å². The summed E-state index contributed by atoms with van der Waals surface area (Å²) in [6, 6.07) is 0. The van der Waals surface area contributed by atoms with Crippen molar-refractivity contribution in [1.82, 2.24) is 0 Å². The molecule has 6 heteroatoms. The predicted molar refractivity (Wildman–Crippen MR) is 47.4 cm³/mol. The third-order valence-electron chi connectivity index (χ3n) is 1.61. The van der Waals surface area contributed by atoms with Crippen LogP contribution in [0.25, 0.3) is 0 Å². The second-order valence-corrected chi connectivity index (χ2v) is 3.04. The van der Waals surface area contributed by atoms with E-state index in [1.165, 1.54) is 6.92 Å². The summed E-state index contributed by atoms with van der Waals surface area (Å²) in [5.74, 6) is -0.866. The zero-order valence-electron chi connectivity index (χ0n) is 8.73. The molecule has 6 nitrogen and oxygen atoms in total. The molecule has 2 atom stereocenters. The van der Waals surface area contributed by atoms with Gasteiger partial charge in [0.15, 0.2) is 0 Å². The van der Waals surface area contributed by atoms with Crippen molar-refractivity contribution in [3.05, 3.63) is 0 Å². The van der Waals surface area contributed by atoms with Crippen molar-refractivity contribution >= 4 is 11.9 Å². The van der Waals surface area contributed by atoms with Gasteiger partial charge in [0.1, 0.15) is 6.61 Å². The molecule has 0 saturated carbocycles. The van der Waals surface area contributed by atoms with E-state index in [0.29, 0.717) is 12.8 Å². The molecule has 1 saturated heterocycles.